The van der Waals surface area contributed by atoms with Gasteiger partial charge in [0.05, 0.1) is 35.6 Å². The van der Waals surface area contributed by atoms with Crippen molar-refractivity contribution in [3.8, 4) is 0 Å². The van der Waals surface area contributed by atoms with Crippen LogP contribution in [0.2, 0.25) is 0 Å². The first-order chi connectivity index (χ1) is 13.9. The predicted octanol–water partition coefficient (Wildman–Crippen LogP) is 2.06. The van der Waals surface area contributed by atoms with E-state index in [9.17, 15) is 19.7 Å². The molecular formula is C20H22N3O5S+. The van der Waals surface area contributed by atoms with Gasteiger partial charge in [0.25, 0.3) is 5.69 Å². The lowest BCUT2D eigenvalue weighted by molar-refractivity contribution is -0.895. The number of carbonyl (C=O) groups excluding carboxylic acids is 2. The van der Waals surface area contributed by atoms with Gasteiger partial charge >= 0.3 is 5.97 Å². The van der Waals surface area contributed by atoms with Crippen molar-refractivity contribution in [3.63, 3.8) is 0 Å². The zero-order chi connectivity index (χ0) is 21.0. The number of hydrogen-bond acceptors (Lipinski definition) is 6. The zero-order valence-electron chi connectivity index (χ0n) is 16.2. The van der Waals surface area contributed by atoms with E-state index in [2.05, 4.69) is 12.4 Å². The van der Waals surface area contributed by atoms with Crippen LogP contribution in [0, 0.1) is 10.1 Å². The summed E-state index contributed by atoms with van der Waals surface area (Å²) in [6, 6.07) is 5.88. The third kappa shape index (κ3) is 4.87. The van der Waals surface area contributed by atoms with Crippen molar-refractivity contribution in [2.75, 3.05) is 25.5 Å². The average Bonchev–Trinajstić information content (AvgIpc) is 3.03. The van der Waals surface area contributed by atoms with Gasteiger partial charge in [0.1, 0.15) is 11.5 Å². The van der Waals surface area contributed by atoms with E-state index < -0.39 is 10.9 Å². The second-order valence-corrected chi connectivity index (χ2v) is 7.84. The van der Waals surface area contributed by atoms with Gasteiger partial charge in [-0.05, 0) is 36.3 Å². The number of hydrogen-bond donors (Lipinski definition) is 2. The van der Waals surface area contributed by atoms with E-state index in [0.717, 1.165) is 30.0 Å². The van der Waals surface area contributed by atoms with Crippen LogP contribution >= 0.6 is 11.3 Å². The minimum atomic E-state index is -0.477. The fourth-order valence-electron chi connectivity index (χ4n) is 3.16. The molecule has 1 aliphatic heterocycles. The van der Waals surface area contributed by atoms with Crippen LogP contribution in [0.15, 0.2) is 30.3 Å². The number of anilines is 1. The normalized spacial score (nSPS) is 15.7. The van der Waals surface area contributed by atoms with Crippen molar-refractivity contribution in [1.29, 1.82) is 0 Å². The molecule has 0 spiro atoms. The minimum Gasteiger partial charge on any atom is -0.462 e. The van der Waals surface area contributed by atoms with E-state index in [4.69, 9.17) is 4.74 Å². The molecule has 1 atom stereocenters. The molecule has 0 saturated carbocycles. The molecule has 29 heavy (non-hydrogen) atoms. The number of likely N-dealkylation sites (N-methyl/N-ethyl adjacent to an activating group) is 1. The number of nitro benzene ring substituents is 1. The van der Waals surface area contributed by atoms with Gasteiger partial charge in [0, 0.05) is 24.6 Å². The third-order valence-electron chi connectivity index (χ3n) is 4.60. The Morgan fingerprint density at radius 2 is 2.07 bits per heavy atom. The Hall–Kier alpha value is -3.04. The lowest BCUT2D eigenvalue weighted by Crippen LogP contribution is -3.08. The van der Waals surface area contributed by atoms with Crippen LogP contribution in [0.3, 0.4) is 0 Å². The molecular weight excluding hydrogens is 394 g/mol. The maximum absolute atomic E-state index is 12.5. The Labute approximate surface area is 171 Å². The SMILES string of the molecule is CCOC(=O)c1c(NC(=O)/C=C\c2ccc([N+](=O)[O-])cc2)sc2c1CC[NH+](C)C2. The molecule has 1 amide bonds. The second kappa shape index (κ2) is 8.97. The van der Waals surface area contributed by atoms with Gasteiger partial charge in [-0.2, -0.15) is 0 Å². The molecule has 2 aromatic rings. The van der Waals surface area contributed by atoms with E-state index in [0.29, 0.717) is 16.1 Å². The van der Waals surface area contributed by atoms with Gasteiger partial charge in [-0.1, -0.05) is 0 Å². The first-order valence-electron chi connectivity index (χ1n) is 9.25. The number of quaternary nitrogens is 1. The van der Waals surface area contributed by atoms with Crippen molar-refractivity contribution < 1.29 is 24.1 Å². The zero-order valence-corrected chi connectivity index (χ0v) is 17.0. The van der Waals surface area contributed by atoms with Crippen LogP contribution in [0.1, 0.15) is 33.3 Å². The highest BCUT2D eigenvalue weighted by Crippen LogP contribution is 2.35. The summed E-state index contributed by atoms with van der Waals surface area (Å²) in [6.45, 7) is 3.74. The number of benzene rings is 1. The smallest absolute Gasteiger partial charge is 0.341 e. The average molecular weight is 416 g/mol. The second-order valence-electron chi connectivity index (χ2n) is 6.73. The van der Waals surface area contributed by atoms with Crippen molar-refractivity contribution in [2.45, 2.75) is 19.9 Å². The Morgan fingerprint density at radius 1 is 1.34 bits per heavy atom. The Balaban J connectivity index is 1.78. The molecule has 1 aromatic heterocycles. The van der Waals surface area contributed by atoms with Crippen molar-refractivity contribution >= 4 is 40.0 Å². The number of carbonyl (C=O) groups is 2. The number of ether oxygens (including phenoxy) is 1. The van der Waals surface area contributed by atoms with Crippen LogP contribution in [-0.2, 0) is 22.5 Å². The van der Waals surface area contributed by atoms with E-state index >= 15 is 0 Å². The number of nitrogens with zero attached hydrogens (tertiary/aromatic N) is 1. The highest BCUT2D eigenvalue weighted by molar-refractivity contribution is 7.17. The van der Waals surface area contributed by atoms with E-state index in [1.807, 2.05) is 0 Å². The quantitative estimate of drug-likeness (QED) is 0.325. The number of thiophene rings is 1. The lowest BCUT2D eigenvalue weighted by Gasteiger charge is -2.19. The topological polar surface area (TPSA) is 103 Å². The number of amides is 1. The van der Waals surface area contributed by atoms with Crippen LogP contribution < -0.4 is 10.2 Å². The molecule has 3 rings (SSSR count). The fourth-order valence-corrected chi connectivity index (χ4v) is 4.51. The Kier molecular flexibility index (Phi) is 6.40. The van der Waals surface area contributed by atoms with Crippen LogP contribution in [0.5, 0.6) is 0 Å². The molecule has 1 aromatic carbocycles. The number of fused-ring (bicyclic) bond motifs is 1. The first kappa shape index (κ1) is 20.7. The number of non-ortho nitro benzene ring substituents is 1. The predicted molar refractivity (Wildman–Crippen MR) is 110 cm³/mol. The van der Waals surface area contributed by atoms with Gasteiger partial charge in [-0.25, -0.2) is 4.79 Å². The molecule has 0 bridgehead atoms. The van der Waals surface area contributed by atoms with Crippen LogP contribution in [0.4, 0.5) is 10.7 Å². The molecule has 152 valence electrons. The summed E-state index contributed by atoms with van der Waals surface area (Å²) in [5.41, 5.74) is 2.07. The first-order valence-corrected chi connectivity index (χ1v) is 10.1. The summed E-state index contributed by atoms with van der Waals surface area (Å²) in [4.78, 5) is 37.6. The molecule has 9 heteroatoms. The molecule has 0 radical (unpaired) electrons. The fraction of sp³-hybridized carbons (Fsp3) is 0.300. The molecule has 0 fully saturated rings. The molecule has 0 aliphatic carbocycles. The van der Waals surface area contributed by atoms with E-state index in [-0.39, 0.29) is 18.2 Å². The van der Waals surface area contributed by atoms with Gasteiger partial charge in [-0.3, -0.25) is 14.9 Å². The molecule has 8 nitrogen and oxygen atoms in total. The van der Waals surface area contributed by atoms with Crippen molar-refractivity contribution in [2.24, 2.45) is 0 Å². The molecule has 1 unspecified atom stereocenters. The highest BCUT2D eigenvalue weighted by atomic mass is 32.1. The number of esters is 1. The number of nitro groups is 1. The van der Waals surface area contributed by atoms with E-state index in [1.54, 1.807) is 25.1 Å². The van der Waals surface area contributed by atoms with Gasteiger partial charge in [-0.15, -0.1) is 11.3 Å². The monoisotopic (exact) mass is 416 g/mol. The maximum Gasteiger partial charge on any atom is 0.341 e. The van der Waals surface area contributed by atoms with Crippen LogP contribution in [0.25, 0.3) is 6.08 Å². The summed E-state index contributed by atoms with van der Waals surface area (Å²) in [6.07, 6.45) is 3.67. The summed E-state index contributed by atoms with van der Waals surface area (Å²) < 4.78 is 5.20. The summed E-state index contributed by atoms with van der Waals surface area (Å²) >= 11 is 1.41. The molecule has 2 heterocycles. The van der Waals surface area contributed by atoms with E-state index in [1.165, 1.54) is 34.4 Å². The lowest BCUT2D eigenvalue weighted by atomic mass is 10.0. The van der Waals surface area contributed by atoms with Gasteiger partial charge < -0.3 is 15.0 Å². The summed E-state index contributed by atoms with van der Waals surface area (Å²) in [7, 11) is 2.10. The largest absolute Gasteiger partial charge is 0.462 e. The maximum atomic E-state index is 12.5. The van der Waals surface area contributed by atoms with Crippen LogP contribution in [-0.4, -0.2) is 37.0 Å². The van der Waals surface area contributed by atoms with Gasteiger partial charge in [0.2, 0.25) is 5.91 Å². The molecule has 0 saturated heterocycles. The number of nitrogens with one attached hydrogen (secondary N) is 2. The van der Waals surface area contributed by atoms with Crippen molar-refractivity contribution in [1.82, 2.24) is 0 Å². The number of rotatable bonds is 6. The highest BCUT2D eigenvalue weighted by Gasteiger charge is 2.29. The standard InChI is InChI=1S/C20H21N3O5S/c1-3-28-20(25)18-15-10-11-22(2)12-16(15)29-19(18)21-17(24)9-6-13-4-7-14(8-5-13)23(26)27/h4-9H,3,10-12H2,1-2H3,(H,21,24)/p+1/b9-6-. The van der Waals surface area contributed by atoms with Crippen molar-refractivity contribution in [3.05, 3.63) is 62.0 Å². The summed E-state index contributed by atoms with van der Waals surface area (Å²) in [5.74, 6) is -0.799. The Morgan fingerprint density at radius 3 is 2.72 bits per heavy atom. The minimum absolute atomic E-state index is 0.0121. The third-order valence-corrected chi connectivity index (χ3v) is 5.75. The Bertz CT molecular complexity index is 965. The van der Waals surface area contributed by atoms with Gasteiger partial charge in [0.15, 0.2) is 0 Å². The molecule has 2 N–H and O–H groups in total. The summed E-state index contributed by atoms with van der Waals surface area (Å²) in [5, 5.41) is 14.0. The molecule has 1 aliphatic rings.